The third-order valence-corrected chi connectivity index (χ3v) is 4.37. The summed E-state index contributed by atoms with van der Waals surface area (Å²) in [6.45, 7) is 1.60. The number of ketones is 1. The second-order valence-electron chi connectivity index (χ2n) is 3.95. The van der Waals surface area contributed by atoms with Gasteiger partial charge in [0.2, 0.25) is 5.16 Å². The fourth-order valence-electron chi connectivity index (χ4n) is 1.55. The molecule has 1 N–H and O–H groups in total. The molecule has 102 valence electrons. The molecule has 7 nitrogen and oxygen atoms in total. The standard InChI is InChI=1S/C11H9N5O2S2/c1-6-9(18)12-10-13-14-11(16(10)15-6)20-5-7(17)8-3-2-4-19-8/h2-4H,5H2,1H3,(H,12,13,18). The van der Waals surface area contributed by atoms with Crippen molar-refractivity contribution in [2.75, 3.05) is 5.75 Å². The number of hydrogen-bond donors (Lipinski definition) is 1. The number of H-pyrrole nitrogens is 1. The van der Waals surface area contributed by atoms with E-state index < -0.39 is 0 Å². The van der Waals surface area contributed by atoms with E-state index in [2.05, 4.69) is 20.3 Å². The lowest BCUT2D eigenvalue weighted by Crippen LogP contribution is -2.15. The van der Waals surface area contributed by atoms with E-state index in [1.807, 2.05) is 11.4 Å². The Kier molecular flexibility index (Phi) is 3.36. The molecule has 3 aromatic heterocycles. The molecule has 0 aliphatic rings. The van der Waals surface area contributed by atoms with Gasteiger partial charge in [-0.3, -0.25) is 14.6 Å². The first-order valence-electron chi connectivity index (χ1n) is 5.67. The summed E-state index contributed by atoms with van der Waals surface area (Å²) < 4.78 is 1.43. The van der Waals surface area contributed by atoms with Gasteiger partial charge >= 0.3 is 0 Å². The number of carbonyl (C=O) groups excluding carboxylic acids is 1. The maximum absolute atomic E-state index is 11.9. The molecule has 0 spiro atoms. The summed E-state index contributed by atoms with van der Waals surface area (Å²) in [5.74, 6) is 0.552. The zero-order valence-electron chi connectivity index (χ0n) is 10.4. The van der Waals surface area contributed by atoms with E-state index >= 15 is 0 Å². The summed E-state index contributed by atoms with van der Waals surface area (Å²) in [5, 5.41) is 14.2. The van der Waals surface area contributed by atoms with Crippen molar-refractivity contribution in [1.29, 1.82) is 0 Å². The van der Waals surface area contributed by atoms with Crippen LogP contribution in [0.5, 0.6) is 0 Å². The summed E-state index contributed by atoms with van der Waals surface area (Å²) in [6.07, 6.45) is 0. The van der Waals surface area contributed by atoms with Crippen LogP contribution >= 0.6 is 23.1 Å². The quantitative estimate of drug-likeness (QED) is 0.574. The molecule has 0 unspecified atom stereocenters. The Morgan fingerprint density at radius 2 is 2.35 bits per heavy atom. The van der Waals surface area contributed by atoms with E-state index in [9.17, 15) is 9.59 Å². The number of thiophene rings is 1. The van der Waals surface area contributed by atoms with Crippen LogP contribution in [-0.4, -0.2) is 36.3 Å². The Morgan fingerprint density at radius 1 is 1.50 bits per heavy atom. The zero-order chi connectivity index (χ0) is 14.1. The zero-order valence-corrected chi connectivity index (χ0v) is 12.0. The maximum atomic E-state index is 11.9. The second kappa shape index (κ2) is 5.17. The number of fused-ring (bicyclic) bond motifs is 1. The Labute approximate surface area is 121 Å². The van der Waals surface area contributed by atoms with E-state index in [0.29, 0.717) is 15.7 Å². The number of aryl methyl sites for hydroxylation is 1. The van der Waals surface area contributed by atoms with Gasteiger partial charge in [-0.25, -0.2) is 0 Å². The fourth-order valence-corrected chi connectivity index (χ4v) is 3.07. The molecule has 0 amide bonds. The summed E-state index contributed by atoms with van der Waals surface area (Å²) in [6, 6.07) is 3.63. The maximum Gasteiger partial charge on any atom is 0.273 e. The second-order valence-corrected chi connectivity index (χ2v) is 5.84. The first kappa shape index (κ1) is 13.0. The van der Waals surface area contributed by atoms with E-state index in [1.165, 1.54) is 27.6 Å². The highest BCUT2D eigenvalue weighted by Gasteiger charge is 2.13. The van der Waals surface area contributed by atoms with Crippen molar-refractivity contribution in [2.24, 2.45) is 0 Å². The van der Waals surface area contributed by atoms with Crippen molar-refractivity contribution in [3.8, 4) is 0 Å². The molecule has 0 saturated heterocycles. The number of nitrogens with one attached hydrogen (secondary N) is 1. The van der Waals surface area contributed by atoms with Crippen molar-refractivity contribution in [3.63, 3.8) is 0 Å². The average molecular weight is 307 g/mol. The van der Waals surface area contributed by atoms with Crippen LogP contribution in [0.25, 0.3) is 5.78 Å². The molecular weight excluding hydrogens is 298 g/mol. The predicted octanol–water partition coefficient (Wildman–Crippen LogP) is 1.16. The van der Waals surface area contributed by atoms with Gasteiger partial charge in [0.05, 0.1) is 10.6 Å². The minimum absolute atomic E-state index is 0.0305. The molecule has 0 atom stereocenters. The first-order chi connectivity index (χ1) is 9.65. The highest BCUT2D eigenvalue weighted by atomic mass is 32.2. The lowest BCUT2D eigenvalue weighted by molar-refractivity contribution is 0.102. The average Bonchev–Trinajstić information content (AvgIpc) is 3.07. The number of thioether (sulfide) groups is 1. The summed E-state index contributed by atoms with van der Waals surface area (Å²) in [4.78, 5) is 26.6. The molecule has 0 aliphatic carbocycles. The first-order valence-corrected chi connectivity index (χ1v) is 7.53. The van der Waals surface area contributed by atoms with Crippen LogP contribution < -0.4 is 5.56 Å². The van der Waals surface area contributed by atoms with Gasteiger partial charge in [-0.15, -0.1) is 21.5 Å². The minimum atomic E-state index is -0.295. The number of nitrogens with zero attached hydrogens (tertiary/aromatic N) is 4. The van der Waals surface area contributed by atoms with E-state index in [1.54, 1.807) is 13.0 Å². The lowest BCUT2D eigenvalue weighted by atomic mass is 10.4. The molecule has 3 heterocycles. The molecule has 0 saturated carbocycles. The van der Waals surface area contributed by atoms with Crippen molar-refractivity contribution in [2.45, 2.75) is 12.1 Å². The van der Waals surface area contributed by atoms with Crippen LogP contribution in [0.3, 0.4) is 0 Å². The van der Waals surface area contributed by atoms with Crippen LogP contribution in [-0.2, 0) is 0 Å². The number of rotatable bonds is 4. The molecule has 3 rings (SSSR count). The SMILES string of the molecule is Cc1nn2c(SCC(=O)c3cccs3)nnc2[nH]c1=O. The molecule has 20 heavy (non-hydrogen) atoms. The van der Waals surface area contributed by atoms with E-state index in [0.717, 1.165) is 0 Å². The highest BCUT2D eigenvalue weighted by molar-refractivity contribution is 7.99. The normalized spacial score (nSPS) is 11.1. The van der Waals surface area contributed by atoms with Gasteiger partial charge in [-0.2, -0.15) is 9.61 Å². The van der Waals surface area contributed by atoms with Crippen molar-refractivity contribution in [3.05, 3.63) is 38.4 Å². The Morgan fingerprint density at radius 3 is 3.10 bits per heavy atom. The highest BCUT2D eigenvalue weighted by Crippen LogP contribution is 2.18. The lowest BCUT2D eigenvalue weighted by Gasteiger charge is -1.98. The number of aromatic nitrogens is 5. The number of carbonyl (C=O) groups is 1. The third kappa shape index (κ3) is 2.37. The van der Waals surface area contributed by atoms with Crippen LogP contribution in [0.2, 0.25) is 0 Å². The summed E-state index contributed by atoms with van der Waals surface area (Å²) >= 11 is 2.65. The largest absolute Gasteiger partial charge is 0.292 e. The van der Waals surface area contributed by atoms with Crippen molar-refractivity contribution in [1.82, 2.24) is 24.8 Å². The van der Waals surface area contributed by atoms with Gasteiger partial charge in [0.1, 0.15) is 5.69 Å². The molecule has 0 aromatic carbocycles. The van der Waals surface area contributed by atoms with Gasteiger partial charge in [-0.1, -0.05) is 17.8 Å². The number of Topliss-reactive ketones (excluding diaryl/α,β-unsaturated/α-hetero) is 1. The Bertz CT molecular complexity index is 821. The fraction of sp³-hybridized carbons (Fsp3) is 0.182. The monoisotopic (exact) mass is 307 g/mol. The summed E-state index contributed by atoms with van der Waals surface area (Å²) in [7, 11) is 0. The van der Waals surface area contributed by atoms with Crippen LogP contribution in [0.4, 0.5) is 0 Å². The van der Waals surface area contributed by atoms with Gasteiger partial charge in [0, 0.05) is 0 Å². The molecule has 0 bridgehead atoms. The minimum Gasteiger partial charge on any atom is -0.292 e. The Hall–Kier alpha value is -2.00. The van der Waals surface area contributed by atoms with Gasteiger partial charge in [-0.05, 0) is 18.4 Å². The molecule has 0 aliphatic heterocycles. The topological polar surface area (TPSA) is 93.0 Å². The van der Waals surface area contributed by atoms with Gasteiger partial charge < -0.3 is 0 Å². The molecular formula is C11H9N5O2S2. The van der Waals surface area contributed by atoms with Crippen LogP contribution in [0, 0.1) is 6.92 Å². The van der Waals surface area contributed by atoms with Crippen molar-refractivity contribution >= 4 is 34.7 Å². The number of hydrogen-bond acceptors (Lipinski definition) is 7. The van der Waals surface area contributed by atoms with E-state index in [4.69, 9.17) is 0 Å². The van der Waals surface area contributed by atoms with Gasteiger partial charge in [0.15, 0.2) is 5.78 Å². The summed E-state index contributed by atoms with van der Waals surface area (Å²) in [5.41, 5.74) is 0.0276. The molecule has 9 heteroatoms. The molecule has 0 radical (unpaired) electrons. The van der Waals surface area contributed by atoms with Crippen LogP contribution in [0.1, 0.15) is 15.4 Å². The number of aromatic amines is 1. The third-order valence-electron chi connectivity index (χ3n) is 2.54. The van der Waals surface area contributed by atoms with Crippen molar-refractivity contribution < 1.29 is 4.79 Å². The van der Waals surface area contributed by atoms with Crippen LogP contribution in [0.15, 0.2) is 27.5 Å². The molecule has 3 aromatic rings. The predicted molar refractivity (Wildman–Crippen MR) is 75.5 cm³/mol. The Balaban J connectivity index is 1.83. The smallest absolute Gasteiger partial charge is 0.273 e. The van der Waals surface area contributed by atoms with Gasteiger partial charge in [0.25, 0.3) is 11.3 Å². The molecule has 0 fully saturated rings. The van der Waals surface area contributed by atoms with E-state index in [-0.39, 0.29) is 22.9 Å².